The SMILES string of the molecule is CO[C@@H]1CC[C@@]2(OC)CCN(Cc3cc4ccccc4n(C)c3=O)[C@H]2C1. The zero-order valence-corrected chi connectivity index (χ0v) is 15.9. The number of nitrogens with zero attached hydrogens (tertiary/aromatic N) is 2. The summed E-state index contributed by atoms with van der Waals surface area (Å²) >= 11 is 0. The lowest BCUT2D eigenvalue weighted by Gasteiger charge is -2.43. The predicted molar refractivity (Wildman–Crippen MR) is 102 cm³/mol. The van der Waals surface area contributed by atoms with Crippen LogP contribution in [-0.2, 0) is 23.1 Å². The molecule has 2 fully saturated rings. The Hall–Kier alpha value is -1.69. The maximum Gasteiger partial charge on any atom is 0.255 e. The smallest absolute Gasteiger partial charge is 0.255 e. The highest BCUT2D eigenvalue weighted by atomic mass is 16.5. The van der Waals surface area contributed by atoms with E-state index in [1.54, 1.807) is 11.7 Å². The average molecular weight is 356 g/mol. The molecule has 3 atom stereocenters. The molecule has 1 aromatic heterocycles. The van der Waals surface area contributed by atoms with Crippen LogP contribution in [0.2, 0.25) is 0 Å². The molecule has 26 heavy (non-hydrogen) atoms. The van der Waals surface area contributed by atoms with Gasteiger partial charge in [0, 0.05) is 46.0 Å². The Bertz CT molecular complexity index is 862. The summed E-state index contributed by atoms with van der Waals surface area (Å²) in [6, 6.07) is 10.4. The summed E-state index contributed by atoms with van der Waals surface area (Å²) in [6.07, 6.45) is 4.35. The Labute approximate surface area is 154 Å². The highest BCUT2D eigenvalue weighted by Gasteiger charge is 2.51. The molecule has 1 aromatic carbocycles. The number of para-hydroxylation sites is 1. The number of methoxy groups -OCH3 is 2. The molecule has 0 bridgehead atoms. The van der Waals surface area contributed by atoms with Gasteiger partial charge in [-0.1, -0.05) is 18.2 Å². The van der Waals surface area contributed by atoms with Crippen molar-refractivity contribution in [3.8, 4) is 0 Å². The third kappa shape index (κ3) is 2.79. The van der Waals surface area contributed by atoms with Gasteiger partial charge >= 0.3 is 0 Å². The van der Waals surface area contributed by atoms with Crippen molar-refractivity contribution in [3.05, 3.63) is 46.2 Å². The molecular formula is C21H28N2O3. The van der Waals surface area contributed by atoms with E-state index in [0.29, 0.717) is 12.6 Å². The van der Waals surface area contributed by atoms with E-state index >= 15 is 0 Å². The molecule has 0 N–H and O–H groups in total. The van der Waals surface area contributed by atoms with Crippen molar-refractivity contribution < 1.29 is 9.47 Å². The molecule has 0 spiro atoms. The summed E-state index contributed by atoms with van der Waals surface area (Å²) in [5.41, 5.74) is 1.85. The lowest BCUT2D eigenvalue weighted by Crippen LogP contribution is -2.51. The third-order valence-corrected chi connectivity index (χ3v) is 6.57. The van der Waals surface area contributed by atoms with Crippen molar-refractivity contribution in [3.63, 3.8) is 0 Å². The number of likely N-dealkylation sites (tertiary alicyclic amines) is 1. The fourth-order valence-corrected chi connectivity index (χ4v) is 4.98. The molecule has 2 heterocycles. The maximum atomic E-state index is 12.9. The Morgan fingerprint density at radius 3 is 2.81 bits per heavy atom. The fourth-order valence-electron chi connectivity index (χ4n) is 4.98. The summed E-state index contributed by atoms with van der Waals surface area (Å²) in [4.78, 5) is 15.3. The van der Waals surface area contributed by atoms with Gasteiger partial charge in [0.25, 0.3) is 5.56 Å². The minimum atomic E-state index is -0.0862. The minimum absolute atomic E-state index is 0.0862. The van der Waals surface area contributed by atoms with Gasteiger partial charge in [-0.15, -0.1) is 0 Å². The van der Waals surface area contributed by atoms with Gasteiger partial charge in [0.2, 0.25) is 0 Å². The molecule has 0 radical (unpaired) electrons. The number of fused-ring (bicyclic) bond motifs is 2. The van der Waals surface area contributed by atoms with Crippen LogP contribution in [0.25, 0.3) is 10.9 Å². The first-order chi connectivity index (χ1) is 12.6. The number of rotatable bonds is 4. The minimum Gasteiger partial charge on any atom is -0.381 e. The summed E-state index contributed by atoms with van der Waals surface area (Å²) in [7, 11) is 5.49. The van der Waals surface area contributed by atoms with Crippen LogP contribution in [0.1, 0.15) is 31.2 Å². The molecular weight excluding hydrogens is 328 g/mol. The third-order valence-electron chi connectivity index (χ3n) is 6.57. The first-order valence-electron chi connectivity index (χ1n) is 9.47. The quantitative estimate of drug-likeness (QED) is 0.845. The second-order valence-electron chi connectivity index (χ2n) is 7.73. The summed E-state index contributed by atoms with van der Waals surface area (Å²) in [5.74, 6) is 0. The van der Waals surface area contributed by atoms with E-state index in [0.717, 1.165) is 48.7 Å². The van der Waals surface area contributed by atoms with Crippen LogP contribution in [0, 0.1) is 0 Å². The van der Waals surface area contributed by atoms with Crippen LogP contribution in [0.5, 0.6) is 0 Å². The van der Waals surface area contributed by atoms with Gasteiger partial charge in [-0.2, -0.15) is 0 Å². The Kier molecular flexibility index (Phi) is 4.63. The van der Waals surface area contributed by atoms with E-state index in [4.69, 9.17) is 9.47 Å². The first-order valence-corrected chi connectivity index (χ1v) is 9.47. The van der Waals surface area contributed by atoms with Crippen molar-refractivity contribution in [2.45, 2.75) is 50.0 Å². The summed E-state index contributed by atoms with van der Waals surface area (Å²) in [5, 5.41) is 1.11. The van der Waals surface area contributed by atoms with E-state index in [1.807, 2.05) is 32.4 Å². The van der Waals surface area contributed by atoms with Crippen molar-refractivity contribution in [1.82, 2.24) is 9.47 Å². The highest BCUT2D eigenvalue weighted by Crippen LogP contribution is 2.43. The number of hydrogen-bond donors (Lipinski definition) is 0. The monoisotopic (exact) mass is 356 g/mol. The van der Waals surface area contributed by atoms with Crippen LogP contribution in [0.4, 0.5) is 0 Å². The number of pyridine rings is 1. The summed E-state index contributed by atoms with van der Waals surface area (Å²) < 4.78 is 13.4. The Balaban J connectivity index is 1.66. The van der Waals surface area contributed by atoms with Crippen molar-refractivity contribution >= 4 is 10.9 Å². The van der Waals surface area contributed by atoms with Gasteiger partial charge in [-0.25, -0.2) is 0 Å². The molecule has 1 aliphatic heterocycles. The zero-order valence-electron chi connectivity index (χ0n) is 15.9. The zero-order chi connectivity index (χ0) is 18.3. The van der Waals surface area contributed by atoms with Crippen molar-refractivity contribution in [1.29, 1.82) is 0 Å². The molecule has 140 valence electrons. The van der Waals surface area contributed by atoms with Gasteiger partial charge in [-0.05, 0) is 43.2 Å². The molecule has 0 amide bonds. The molecule has 2 aliphatic rings. The fraction of sp³-hybridized carbons (Fsp3) is 0.571. The van der Waals surface area contributed by atoms with Crippen LogP contribution < -0.4 is 5.56 Å². The van der Waals surface area contributed by atoms with Gasteiger partial charge in [0.15, 0.2) is 0 Å². The molecule has 0 unspecified atom stereocenters. The number of hydrogen-bond acceptors (Lipinski definition) is 4. The number of aryl methyl sites for hydroxylation is 1. The number of aromatic nitrogens is 1. The van der Waals surface area contributed by atoms with Crippen LogP contribution >= 0.6 is 0 Å². The first kappa shape index (κ1) is 17.7. The number of ether oxygens (including phenoxy) is 2. The van der Waals surface area contributed by atoms with E-state index in [2.05, 4.69) is 17.0 Å². The molecule has 2 aromatic rings. The second-order valence-corrected chi connectivity index (χ2v) is 7.73. The van der Waals surface area contributed by atoms with Crippen LogP contribution in [-0.4, -0.2) is 48.0 Å². The summed E-state index contributed by atoms with van der Waals surface area (Å²) in [6.45, 7) is 1.63. The topological polar surface area (TPSA) is 43.7 Å². The van der Waals surface area contributed by atoms with E-state index < -0.39 is 0 Å². The van der Waals surface area contributed by atoms with E-state index in [1.165, 1.54) is 0 Å². The predicted octanol–water partition coefficient (Wildman–Crippen LogP) is 2.70. The van der Waals surface area contributed by atoms with Gasteiger partial charge in [-0.3, -0.25) is 9.69 Å². The van der Waals surface area contributed by atoms with Gasteiger partial charge < -0.3 is 14.0 Å². The molecule has 1 saturated carbocycles. The maximum absolute atomic E-state index is 12.9. The lowest BCUT2D eigenvalue weighted by atomic mass is 9.79. The van der Waals surface area contributed by atoms with Crippen LogP contribution in [0.15, 0.2) is 35.1 Å². The molecule has 4 rings (SSSR count). The molecule has 5 nitrogen and oxygen atoms in total. The standard InChI is InChI=1S/C21H28N2O3/c1-22-18-7-5-4-6-15(18)12-16(20(22)24)14-23-11-10-21(26-3)9-8-17(25-2)13-19(21)23/h4-7,12,17,19H,8-11,13-14H2,1-3H3/t17-,19+,21-/m1/s1. The highest BCUT2D eigenvalue weighted by molar-refractivity contribution is 5.79. The lowest BCUT2D eigenvalue weighted by molar-refractivity contribution is -0.0947. The van der Waals surface area contributed by atoms with Gasteiger partial charge in [0.05, 0.1) is 17.2 Å². The van der Waals surface area contributed by atoms with Crippen molar-refractivity contribution in [2.75, 3.05) is 20.8 Å². The van der Waals surface area contributed by atoms with E-state index in [9.17, 15) is 4.79 Å². The Morgan fingerprint density at radius 2 is 2.04 bits per heavy atom. The molecule has 5 heteroatoms. The van der Waals surface area contributed by atoms with Crippen molar-refractivity contribution in [2.24, 2.45) is 7.05 Å². The molecule has 1 aliphatic carbocycles. The number of benzene rings is 1. The Morgan fingerprint density at radius 1 is 1.23 bits per heavy atom. The second kappa shape index (κ2) is 6.80. The van der Waals surface area contributed by atoms with E-state index in [-0.39, 0.29) is 17.3 Å². The molecule has 1 saturated heterocycles. The largest absolute Gasteiger partial charge is 0.381 e. The average Bonchev–Trinajstić information content (AvgIpc) is 3.04. The van der Waals surface area contributed by atoms with Gasteiger partial charge in [0.1, 0.15) is 0 Å². The normalized spacial score (nSPS) is 29.2. The van der Waals surface area contributed by atoms with Crippen LogP contribution in [0.3, 0.4) is 0 Å².